The fourth-order valence-corrected chi connectivity index (χ4v) is 1.30. The van der Waals surface area contributed by atoms with E-state index in [1.165, 1.54) is 0 Å². The number of hydrogen-bond donors (Lipinski definition) is 0. The Morgan fingerprint density at radius 1 is 1.46 bits per heavy atom. The van der Waals surface area contributed by atoms with E-state index in [1.54, 1.807) is 17.0 Å². The molecule has 0 fully saturated rings. The first kappa shape index (κ1) is 9.77. The average molecular weight is 182 g/mol. The molecular formula is C9H14N2O2. The lowest BCUT2D eigenvalue weighted by molar-refractivity contribution is -0.549. The Morgan fingerprint density at radius 2 is 2.08 bits per heavy atom. The van der Waals surface area contributed by atoms with Gasteiger partial charge in [-0.1, -0.05) is 13.3 Å². The highest BCUT2D eigenvalue weighted by Crippen LogP contribution is 2.15. The van der Waals surface area contributed by atoms with E-state index >= 15 is 0 Å². The molecule has 0 bridgehead atoms. The van der Waals surface area contributed by atoms with E-state index in [-0.39, 0.29) is 4.92 Å². The second-order valence-electron chi connectivity index (χ2n) is 3.04. The molecule has 0 radical (unpaired) electrons. The summed E-state index contributed by atoms with van der Waals surface area (Å²) in [5.74, 6) is 0. The van der Waals surface area contributed by atoms with Crippen molar-refractivity contribution >= 4 is 0 Å². The SMILES string of the molecule is CCCCC(n1cccc1)[N+](=O)[O-]. The highest BCUT2D eigenvalue weighted by molar-refractivity contribution is 4.91. The molecule has 0 aliphatic carbocycles. The van der Waals surface area contributed by atoms with Crippen molar-refractivity contribution in [3.8, 4) is 0 Å². The van der Waals surface area contributed by atoms with Crippen molar-refractivity contribution in [2.45, 2.75) is 32.4 Å². The third-order valence-corrected chi connectivity index (χ3v) is 2.03. The molecule has 0 aliphatic heterocycles. The van der Waals surface area contributed by atoms with Crippen molar-refractivity contribution in [2.75, 3.05) is 0 Å². The van der Waals surface area contributed by atoms with Crippen LogP contribution < -0.4 is 0 Å². The highest BCUT2D eigenvalue weighted by Gasteiger charge is 2.19. The van der Waals surface area contributed by atoms with Crippen molar-refractivity contribution in [2.24, 2.45) is 0 Å². The molecule has 1 heterocycles. The van der Waals surface area contributed by atoms with Crippen LogP contribution in [0.1, 0.15) is 32.4 Å². The van der Waals surface area contributed by atoms with Gasteiger partial charge in [-0.25, -0.2) is 0 Å². The number of nitrogens with zero attached hydrogens (tertiary/aromatic N) is 2. The van der Waals surface area contributed by atoms with E-state index in [1.807, 2.05) is 19.1 Å². The minimum Gasteiger partial charge on any atom is -0.292 e. The number of unbranched alkanes of at least 4 members (excludes halogenated alkanes) is 1. The van der Waals surface area contributed by atoms with Gasteiger partial charge in [0.15, 0.2) is 0 Å². The van der Waals surface area contributed by atoms with Crippen LogP contribution in [0.4, 0.5) is 0 Å². The van der Waals surface area contributed by atoms with Crippen molar-refractivity contribution in [3.05, 3.63) is 34.6 Å². The predicted octanol–water partition coefficient (Wildman–Crippen LogP) is 2.45. The van der Waals surface area contributed by atoms with Crippen molar-refractivity contribution in [1.82, 2.24) is 4.57 Å². The average Bonchev–Trinajstić information content (AvgIpc) is 2.57. The van der Waals surface area contributed by atoms with Gasteiger partial charge in [0, 0.05) is 23.7 Å². The third-order valence-electron chi connectivity index (χ3n) is 2.03. The van der Waals surface area contributed by atoms with Crippen molar-refractivity contribution < 1.29 is 4.92 Å². The molecule has 1 aromatic rings. The van der Waals surface area contributed by atoms with Crippen molar-refractivity contribution in [3.63, 3.8) is 0 Å². The highest BCUT2D eigenvalue weighted by atomic mass is 16.6. The second kappa shape index (κ2) is 4.64. The maximum Gasteiger partial charge on any atom is 0.290 e. The van der Waals surface area contributed by atoms with Crippen LogP contribution in [0.3, 0.4) is 0 Å². The molecule has 0 aliphatic rings. The molecule has 1 atom stereocenters. The standard InChI is InChI=1S/C9H14N2O2/c1-2-3-6-9(11(12)13)10-7-4-5-8-10/h4-5,7-9H,2-3,6H2,1H3. The van der Waals surface area contributed by atoms with Gasteiger partial charge in [0.25, 0.3) is 6.17 Å². The minimum absolute atomic E-state index is 0.227. The van der Waals surface area contributed by atoms with Crippen LogP contribution in [0.15, 0.2) is 24.5 Å². The number of nitro groups is 1. The Kier molecular flexibility index (Phi) is 3.49. The maximum absolute atomic E-state index is 10.7. The fraction of sp³-hybridized carbons (Fsp3) is 0.556. The van der Waals surface area contributed by atoms with Crippen LogP contribution in [-0.4, -0.2) is 9.49 Å². The van der Waals surface area contributed by atoms with Crippen LogP contribution in [-0.2, 0) is 0 Å². The molecular weight excluding hydrogens is 168 g/mol. The summed E-state index contributed by atoms with van der Waals surface area (Å²) in [6.07, 6.45) is 5.38. The molecule has 4 heteroatoms. The normalized spacial score (nSPS) is 12.7. The first-order chi connectivity index (χ1) is 6.25. The minimum atomic E-state index is -0.588. The molecule has 0 amide bonds. The van der Waals surface area contributed by atoms with Crippen LogP contribution in [0.2, 0.25) is 0 Å². The molecule has 1 unspecified atom stereocenters. The summed E-state index contributed by atoms with van der Waals surface area (Å²) in [5, 5.41) is 10.7. The molecule has 13 heavy (non-hydrogen) atoms. The van der Waals surface area contributed by atoms with E-state index < -0.39 is 6.17 Å². The Hall–Kier alpha value is -1.32. The first-order valence-corrected chi connectivity index (χ1v) is 4.51. The third kappa shape index (κ3) is 2.57. The van der Waals surface area contributed by atoms with Crippen LogP contribution in [0.25, 0.3) is 0 Å². The number of rotatable bonds is 5. The lowest BCUT2D eigenvalue weighted by atomic mass is 10.2. The lowest BCUT2D eigenvalue weighted by Gasteiger charge is -2.09. The molecule has 72 valence electrons. The van der Waals surface area contributed by atoms with Crippen molar-refractivity contribution in [1.29, 1.82) is 0 Å². The zero-order valence-corrected chi connectivity index (χ0v) is 7.72. The molecule has 0 N–H and O–H groups in total. The Labute approximate surface area is 77.3 Å². The Morgan fingerprint density at radius 3 is 2.54 bits per heavy atom. The summed E-state index contributed by atoms with van der Waals surface area (Å²) < 4.78 is 1.65. The van der Waals surface area contributed by atoms with E-state index in [4.69, 9.17) is 0 Å². The van der Waals surface area contributed by atoms with E-state index in [9.17, 15) is 10.1 Å². The zero-order valence-electron chi connectivity index (χ0n) is 7.72. The van der Waals surface area contributed by atoms with Gasteiger partial charge >= 0.3 is 0 Å². The predicted molar refractivity (Wildman–Crippen MR) is 50.0 cm³/mol. The van der Waals surface area contributed by atoms with E-state index in [0.717, 1.165) is 12.8 Å². The zero-order chi connectivity index (χ0) is 9.68. The van der Waals surface area contributed by atoms with Crippen LogP contribution in [0, 0.1) is 10.1 Å². The molecule has 0 saturated carbocycles. The van der Waals surface area contributed by atoms with Gasteiger partial charge in [0.05, 0.1) is 0 Å². The molecule has 1 aromatic heterocycles. The van der Waals surface area contributed by atoms with E-state index in [0.29, 0.717) is 6.42 Å². The topological polar surface area (TPSA) is 48.1 Å². The van der Waals surface area contributed by atoms with Gasteiger partial charge in [0.2, 0.25) is 0 Å². The molecule has 0 spiro atoms. The summed E-state index contributed by atoms with van der Waals surface area (Å²) in [6.45, 7) is 2.03. The summed E-state index contributed by atoms with van der Waals surface area (Å²) in [7, 11) is 0. The second-order valence-corrected chi connectivity index (χ2v) is 3.04. The molecule has 1 rings (SSSR count). The molecule has 0 aromatic carbocycles. The van der Waals surface area contributed by atoms with Gasteiger partial charge in [0.1, 0.15) is 0 Å². The lowest BCUT2D eigenvalue weighted by Crippen LogP contribution is -2.16. The molecule has 0 saturated heterocycles. The monoisotopic (exact) mass is 182 g/mol. The Bertz CT molecular complexity index is 257. The van der Waals surface area contributed by atoms with Gasteiger partial charge < -0.3 is 0 Å². The van der Waals surface area contributed by atoms with Gasteiger partial charge in [-0.05, 0) is 18.6 Å². The number of hydrogen-bond acceptors (Lipinski definition) is 2. The first-order valence-electron chi connectivity index (χ1n) is 4.51. The fourth-order valence-electron chi connectivity index (χ4n) is 1.30. The van der Waals surface area contributed by atoms with Gasteiger partial charge in [-0.2, -0.15) is 0 Å². The smallest absolute Gasteiger partial charge is 0.290 e. The molecule has 4 nitrogen and oxygen atoms in total. The number of aromatic nitrogens is 1. The van der Waals surface area contributed by atoms with Crippen LogP contribution in [0.5, 0.6) is 0 Å². The summed E-state index contributed by atoms with van der Waals surface area (Å²) in [6, 6.07) is 3.62. The summed E-state index contributed by atoms with van der Waals surface area (Å²) >= 11 is 0. The maximum atomic E-state index is 10.7. The van der Waals surface area contributed by atoms with Gasteiger partial charge in [-0.3, -0.25) is 14.7 Å². The van der Waals surface area contributed by atoms with E-state index in [2.05, 4.69) is 0 Å². The largest absolute Gasteiger partial charge is 0.292 e. The summed E-state index contributed by atoms with van der Waals surface area (Å²) in [4.78, 5) is 10.5. The van der Waals surface area contributed by atoms with Crippen LogP contribution >= 0.6 is 0 Å². The Balaban J connectivity index is 2.63. The summed E-state index contributed by atoms with van der Waals surface area (Å²) in [5.41, 5.74) is 0. The van der Waals surface area contributed by atoms with Gasteiger partial charge in [-0.15, -0.1) is 0 Å². The quantitative estimate of drug-likeness (QED) is 0.518.